The Morgan fingerprint density at radius 1 is 1.43 bits per heavy atom. The molecule has 0 bridgehead atoms. The normalized spacial score (nSPS) is 17.2. The second kappa shape index (κ2) is 8.29. The molecular weight excluding hydrogens is 279 g/mol. The van der Waals surface area contributed by atoms with E-state index in [2.05, 4.69) is 5.32 Å². The molecular formula is C16H18F3NO. The molecule has 0 aliphatic heterocycles. The van der Waals surface area contributed by atoms with Crippen molar-refractivity contribution in [3.8, 4) is 0 Å². The highest BCUT2D eigenvalue weighted by Crippen LogP contribution is 2.26. The molecule has 5 heteroatoms. The molecule has 1 aliphatic carbocycles. The average molecular weight is 297 g/mol. The monoisotopic (exact) mass is 297 g/mol. The van der Waals surface area contributed by atoms with Gasteiger partial charge in [0, 0.05) is 24.1 Å². The summed E-state index contributed by atoms with van der Waals surface area (Å²) < 4.78 is 41.0. The van der Waals surface area contributed by atoms with Crippen molar-refractivity contribution in [3.05, 3.63) is 58.8 Å². The van der Waals surface area contributed by atoms with Gasteiger partial charge >= 0.3 is 0 Å². The zero-order valence-corrected chi connectivity index (χ0v) is 12.1. The van der Waals surface area contributed by atoms with Crippen LogP contribution >= 0.6 is 0 Å². The van der Waals surface area contributed by atoms with Crippen LogP contribution in [0.3, 0.4) is 0 Å². The summed E-state index contributed by atoms with van der Waals surface area (Å²) in [4.78, 5) is 11.0. The van der Waals surface area contributed by atoms with E-state index >= 15 is 0 Å². The zero-order valence-electron chi connectivity index (χ0n) is 12.1. The Bertz CT molecular complexity index is 554. The van der Waals surface area contributed by atoms with Gasteiger partial charge in [0.25, 0.3) is 0 Å². The largest absolute Gasteiger partial charge is 0.356 e. The Balaban J connectivity index is 3.08. The molecule has 0 aromatic rings. The van der Waals surface area contributed by atoms with Crippen LogP contribution in [0.1, 0.15) is 33.1 Å². The van der Waals surface area contributed by atoms with Crippen molar-refractivity contribution in [3.63, 3.8) is 0 Å². The maximum atomic E-state index is 14.0. The second-order valence-electron chi connectivity index (χ2n) is 4.45. The molecule has 0 atom stereocenters. The van der Waals surface area contributed by atoms with Crippen LogP contribution in [0.4, 0.5) is 13.2 Å². The standard InChI is InChI=1S/C16H18F3NO/c1-3-6-12(17)9-13(4-2)20-16-11(10-21)7-5-8-14(18)15(16)19/h4-7,10,20H,3,8-9H2,1-2H3/b12-6+,13-4+. The van der Waals surface area contributed by atoms with E-state index in [4.69, 9.17) is 0 Å². The van der Waals surface area contributed by atoms with Gasteiger partial charge in [-0.25, -0.2) is 13.2 Å². The van der Waals surface area contributed by atoms with Gasteiger partial charge in [-0.2, -0.15) is 0 Å². The van der Waals surface area contributed by atoms with Gasteiger partial charge in [-0.15, -0.1) is 0 Å². The van der Waals surface area contributed by atoms with Gasteiger partial charge in [0.1, 0.15) is 11.7 Å². The molecule has 2 nitrogen and oxygen atoms in total. The molecule has 1 aliphatic rings. The number of allylic oxidation sites excluding steroid dienone is 8. The van der Waals surface area contributed by atoms with Gasteiger partial charge in [-0.1, -0.05) is 31.2 Å². The SMILES string of the molecule is C/C=C(\C/C(F)=C\CC)NC1=C(C=O)C=CCC(F)=C1F. The van der Waals surface area contributed by atoms with Gasteiger partial charge in [0.05, 0.1) is 5.70 Å². The molecule has 21 heavy (non-hydrogen) atoms. The fraction of sp³-hybridized carbons (Fsp3) is 0.312. The third kappa shape index (κ3) is 4.77. The van der Waals surface area contributed by atoms with E-state index in [9.17, 15) is 18.0 Å². The molecule has 0 aromatic heterocycles. The van der Waals surface area contributed by atoms with Gasteiger partial charge in [0.2, 0.25) is 0 Å². The van der Waals surface area contributed by atoms with Crippen molar-refractivity contribution in [1.82, 2.24) is 5.32 Å². The van der Waals surface area contributed by atoms with Crippen LogP contribution in [0.5, 0.6) is 0 Å². The molecule has 1 rings (SSSR count). The third-order valence-corrected chi connectivity index (χ3v) is 2.89. The molecule has 0 aromatic carbocycles. The van der Waals surface area contributed by atoms with Crippen molar-refractivity contribution in [1.29, 1.82) is 0 Å². The van der Waals surface area contributed by atoms with E-state index in [1.807, 2.05) is 0 Å². The molecule has 0 spiro atoms. The van der Waals surface area contributed by atoms with Gasteiger partial charge < -0.3 is 5.32 Å². The lowest BCUT2D eigenvalue weighted by atomic mass is 10.1. The molecule has 0 heterocycles. The van der Waals surface area contributed by atoms with Crippen molar-refractivity contribution in [2.75, 3.05) is 0 Å². The Morgan fingerprint density at radius 3 is 2.71 bits per heavy atom. The number of hydrogen-bond acceptors (Lipinski definition) is 2. The van der Waals surface area contributed by atoms with E-state index in [1.165, 1.54) is 18.2 Å². The third-order valence-electron chi connectivity index (χ3n) is 2.89. The lowest BCUT2D eigenvalue weighted by Crippen LogP contribution is -2.16. The predicted octanol–water partition coefficient (Wildman–Crippen LogP) is 4.70. The summed E-state index contributed by atoms with van der Waals surface area (Å²) in [5, 5.41) is 2.62. The van der Waals surface area contributed by atoms with Crippen molar-refractivity contribution >= 4 is 6.29 Å². The van der Waals surface area contributed by atoms with Crippen molar-refractivity contribution < 1.29 is 18.0 Å². The number of halogens is 3. The predicted molar refractivity (Wildman–Crippen MR) is 77.1 cm³/mol. The highest BCUT2D eigenvalue weighted by atomic mass is 19.2. The lowest BCUT2D eigenvalue weighted by Gasteiger charge is -2.13. The van der Waals surface area contributed by atoms with Gasteiger partial charge in [-0.05, 0) is 13.3 Å². The fourth-order valence-corrected chi connectivity index (χ4v) is 1.80. The highest BCUT2D eigenvalue weighted by molar-refractivity contribution is 5.80. The van der Waals surface area contributed by atoms with Crippen molar-refractivity contribution in [2.45, 2.75) is 33.1 Å². The molecule has 1 N–H and O–H groups in total. The quantitative estimate of drug-likeness (QED) is 0.720. The summed E-state index contributed by atoms with van der Waals surface area (Å²) in [6.07, 6.45) is 6.34. The summed E-state index contributed by atoms with van der Waals surface area (Å²) in [6, 6.07) is 0. The molecule has 0 fully saturated rings. The molecule has 0 saturated carbocycles. The summed E-state index contributed by atoms with van der Waals surface area (Å²) in [7, 11) is 0. The topological polar surface area (TPSA) is 29.1 Å². The van der Waals surface area contributed by atoms with Crippen LogP contribution in [-0.2, 0) is 4.79 Å². The fourth-order valence-electron chi connectivity index (χ4n) is 1.80. The minimum atomic E-state index is -1.12. The van der Waals surface area contributed by atoms with Crippen LogP contribution in [0.15, 0.2) is 58.8 Å². The van der Waals surface area contributed by atoms with E-state index in [0.717, 1.165) is 0 Å². The summed E-state index contributed by atoms with van der Waals surface area (Å²) in [5.74, 6) is -2.47. The summed E-state index contributed by atoms with van der Waals surface area (Å²) in [5.41, 5.74) is 0.0674. The number of hydrogen-bond donors (Lipinski definition) is 1. The first-order valence-corrected chi connectivity index (χ1v) is 6.70. The van der Waals surface area contributed by atoms with E-state index in [0.29, 0.717) is 18.4 Å². The molecule has 0 amide bonds. The Kier molecular flexibility index (Phi) is 6.72. The van der Waals surface area contributed by atoms with E-state index < -0.39 is 11.7 Å². The summed E-state index contributed by atoms with van der Waals surface area (Å²) >= 11 is 0. The molecule has 0 radical (unpaired) electrons. The Hall–Kier alpha value is -2.04. The molecule has 0 saturated heterocycles. The first kappa shape index (κ1) is 17.0. The van der Waals surface area contributed by atoms with Gasteiger partial charge in [0.15, 0.2) is 12.1 Å². The minimum absolute atomic E-state index is 0.0145. The van der Waals surface area contributed by atoms with Crippen LogP contribution in [0.25, 0.3) is 0 Å². The van der Waals surface area contributed by atoms with Crippen LogP contribution in [0.2, 0.25) is 0 Å². The molecule has 114 valence electrons. The number of aldehydes is 1. The number of carbonyl (C=O) groups is 1. The first-order valence-electron chi connectivity index (χ1n) is 6.70. The Labute approximate surface area is 122 Å². The minimum Gasteiger partial charge on any atom is -0.356 e. The average Bonchev–Trinajstić information content (AvgIpc) is 2.59. The molecule has 0 unspecified atom stereocenters. The van der Waals surface area contributed by atoms with Crippen molar-refractivity contribution in [2.24, 2.45) is 0 Å². The van der Waals surface area contributed by atoms with Crippen LogP contribution in [0, 0.1) is 0 Å². The smallest absolute Gasteiger partial charge is 0.179 e. The first-order chi connectivity index (χ1) is 10.0. The van der Waals surface area contributed by atoms with E-state index in [-0.39, 0.29) is 29.9 Å². The maximum Gasteiger partial charge on any atom is 0.179 e. The number of nitrogens with one attached hydrogen (secondary N) is 1. The van der Waals surface area contributed by atoms with E-state index in [1.54, 1.807) is 19.9 Å². The van der Waals surface area contributed by atoms with Crippen LogP contribution in [-0.4, -0.2) is 6.29 Å². The van der Waals surface area contributed by atoms with Gasteiger partial charge in [-0.3, -0.25) is 4.79 Å². The lowest BCUT2D eigenvalue weighted by molar-refractivity contribution is -0.104. The van der Waals surface area contributed by atoms with Crippen LogP contribution < -0.4 is 5.32 Å². The number of carbonyl (C=O) groups excluding carboxylic acids is 1. The highest BCUT2D eigenvalue weighted by Gasteiger charge is 2.18. The second-order valence-corrected chi connectivity index (χ2v) is 4.45. The zero-order chi connectivity index (χ0) is 15.8. The summed E-state index contributed by atoms with van der Waals surface area (Å²) in [6.45, 7) is 3.44. The maximum absolute atomic E-state index is 14.0. The Morgan fingerprint density at radius 2 is 2.14 bits per heavy atom. The number of rotatable bonds is 6.